The molecule has 0 radical (unpaired) electrons. The van der Waals surface area contributed by atoms with Gasteiger partial charge in [-0.2, -0.15) is 0 Å². The summed E-state index contributed by atoms with van der Waals surface area (Å²) in [6.45, 7) is 0. The Balaban J connectivity index is 0.00000392. The number of carbonyl (C=O) groups excluding carboxylic acids is 2. The molecule has 0 aliphatic heterocycles. The van der Waals surface area contributed by atoms with E-state index in [2.05, 4.69) is 0 Å². The number of benzene rings is 2. The second-order valence-electron chi connectivity index (χ2n) is 5.64. The minimum absolute atomic E-state index is 0. The van der Waals surface area contributed by atoms with Crippen molar-refractivity contribution in [3.63, 3.8) is 0 Å². The van der Waals surface area contributed by atoms with Gasteiger partial charge in [0.1, 0.15) is 0 Å². The van der Waals surface area contributed by atoms with Crippen molar-refractivity contribution in [2.75, 3.05) is 14.2 Å². The van der Waals surface area contributed by atoms with Gasteiger partial charge in [0.15, 0.2) is 34.6 Å². The number of hydrogen-bond acceptors (Lipinski definition) is 6. The number of carbonyl (C=O) groups is 2. The van der Waals surface area contributed by atoms with Crippen LogP contribution in [0.15, 0.2) is 48.6 Å². The molecule has 0 amide bonds. The van der Waals surface area contributed by atoms with Crippen LogP contribution in [0.25, 0.3) is 12.2 Å². The van der Waals surface area contributed by atoms with Gasteiger partial charge in [-0.1, -0.05) is 24.3 Å². The third-order valence-corrected chi connectivity index (χ3v) is 3.68. The first-order chi connectivity index (χ1) is 12.9. The summed E-state index contributed by atoms with van der Waals surface area (Å²) in [4.78, 5) is 23.9. The van der Waals surface area contributed by atoms with Gasteiger partial charge >= 0.3 is 0 Å². The summed E-state index contributed by atoms with van der Waals surface area (Å²) in [5, 5.41) is 19.1. The molecule has 0 bridgehead atoms. The molecule has 0 spiro atoms. The number of aromatic hydroxyl groups is 2. The Hall–Kier alpha value is -2.60. The standard InChI is InChI=1S/C21H20O6.Hg/c1-26-20-11-14(5-9-18(20)24)3-7-16(22)13-17(23)8-4-15-6-10-19(25)21(12-15)27-2;/h3-12,24-25H,13H2,1-2H3;/b7-3+,8-4+;. The van der Waals surface area contributed by atoms with Gasteiger partial charge in [-0.15, -0.1) is 0 Å². The normalized spacial score (nSPS) is 10.6. The monoisotopic (exact) mass is 570 g/mol. The molecule has 2 aromatic rings. The van der Waals surface area contributed by atoms with Crippen LogP contribution in [-0.4, -0.2) is 36.0 Å². The Morgan fingerprint density at radius 3 is 1.57 bits per heavy atom. The Morgan fingerprint density at radius 2 is 1.21 bits per heavy atom. The van der Waals surface area contributed by atoms with Crippen LogP contribution in [-0.2, 0) is 37.3 Å². The first-order valence-electron chi connectivity index (χ1n) is 8.08. The molecule has 0 atom stereocenters. The Labute approximate surface area is 183 Å². The predicted octanol–water partition coefficient (Wildman–Crippen LogP) is 3.37. The Bertz CT molecular complexity index is 828. The summed E-state index contributed by atoms with van der Waals surface area (Å²) in [5.41, 5.74) is 1.33. The number of rotatable bonds is 8. The van der Waals surface area contributed by atoms with Gasteiger partial charge in [-0.25, -0.2) is 0 Å². The van der Waals surface area contributed by atoms with Crippen LogP contribution in [0.4, 0.5) is 0 Å². The van der Waals surface area contributed by atoms with Crippen molar-refractivity contribution in [3.8, 4) is 23.0 Å². The van der Waals surface area contributed by atoms with E-state index in [1.807, 2.05) is 0 Å². The summed E-state index contributed by atoms with van der Waals surface area (Å²) in [6, 6.07) is 9.34. The Morgan fingerprint density at radius 1 is 0.821 bits per heavy atom. The van der Waals surface area contributed by atoms with Crippen LogP contribution in [0.5, 0.6) is 23.0 Å². The SMILES string of the molecule is COc1cc(/C=C/C(=O)CC(=O)/C=C/c2ccc(O)c(OC)c2)ccc1O.[Hg]. The van der Waals surface area contributed by atoms with E-state index in [0.29, 0.717) is 22.6 Å². The van der Waals surface area contributed by atoms with Crippen molar-refractivity contribution in [2.45, 2.75) is 6.42 Å². The molecule has 0 heterocycles. The first-order valence-corrected chi connectivity index (χ1v) is 8.08. The molecule has 2 rings (SSSR count). The maximum Gasteiger partial charge on any atom is 0.163 e. The third-order valence-electron chi connectivity index (χ3n) is 3.68. The summed E-state index contributed by atoms with van der Waals surface area (Å²) in [6.07, 6.45) is 5.44. The van der Waals surface area contributed by atoms with E-state index < -0.39 is 0 Å². The summed E-state index contributed by atoms with van der Waals surface area (Å²) in [7, 11) is 2.87. The van der Waals surface area contributed by atoms with E-state index in [1.54, 1.807) is 36.4 Å². The van der Waals surface area contributed by atoms with Crippen molar-refractivity contribution >= 4 is 23.7 Å². The van der Waals surface area contributed by atoms with E-state index in [-0.39, 0.29) is 57.2 Å². The van der Waals surface area contributed by atoms with Crippen molar-refractivity contribution in [1.82, 2.24) is 0 Å². The minimum Gasteiger partial charge on any atom is -0.504 e. The quantitative estimate of drug-likeness (QED) is 0.288. The van der Waals surface area contributed by atoms with Crippen LogP contribution in [0.3, 0.4) is 0 Å². The van der Waals surface area contributed by atoms with Crippen LogP contribution in [0.2, 0.25) is 0 Å². The zero-order chi connectivity index (χ0) is 19.8. The minimum atomic E-state index is -0.347. The Kier molecular flexibility index (Phi) is 9.45. The van der Waals surface area contributed by atoms with Crippen LogP contribution >= 0.6 is 0 Å². The molecule has 28 heavy (non-hydrogen) atoms. The molecule has 0 fully saturated rings. The van der Waals surface area contributed by atoms with Gasteiger partial charge in [-0.3, -0.25) is 9.59 Å². The van der Waals surface area contributed by atoms with Crippen molar-refractivity contribution in [2.24, 2.45) is 0 Å². The molecule has 0 aliphatic carbocycles. The average molecular weight is 569 g/mol. The molecular weight excluding hydrogens is 549 g/mol. The number of phenolic OH excluding ortho intramolecular Hbond substituents is 2. The maximum atomic E-state index is 11.9. The number of ketones is 2. The fourth-order valence-corrected chi connectivity index (χ4v) is 2.26. The molecule has 142 valence electrons. The number of hydrogen-bond donors (Lipinski definition) is 2. The van der Waals surface area contributed by atoms with Crippen molar-refractivity contribution < 1.29 is 56.9 Å². The second kappa shape index (κ2) is 11.3. The van der Waals surface area contributed by atoms with E-state index in [4.69, 9.17) is 9.47 Å². The van der Waals surface area contributed by atoms with Crippen LogP contribution < -0.4 is 9.47 Å². The van der Waals surface area contributed by atoms with Gasteiger partial charge in [0.05, 0.1) is 20.6 Å². The molecule has 0 saturated carbocycles. The fourth-order valence-electron chi connectivity index (χ4n) is 2.26. The van der Waals surface area contributed by atoms with E-state index in [0.717, 1.165) is 0 Å². The molecule has 0 saturated heterocycles. The predicted molar refractivity (Wildman–Crippen MR) is 102 cm³/mol. The van der Waals surface area contributed by atoms with Gasteiger partial charge in [0.2, 0.25) is 0 Å². The van der Waals surface area contributed by atoms with E-state index in [1.165, 1.54) is 38.5 Å². The number of ether oxygens (including phenoxy) is 2. The largest absolute Gasteiger partial charge is 0.504 e. The van der Waals surface area contributed by atoms with E-state index >= 15 is 0 Å². The summed E-state index contributed by atoms with van der Waals surface area (Å²) in [5.74, 6) is -0.0832. The molecule has 2 N–H and O–H groups in total. The molecule has 0 unspecified atom stereocenters. The molecule has 2 aromatic carbocycles. The maximum absolute atomic E-state index is 11.9. The smallest absolute Gasteiger partial charge is 0.163 e. The van der Waals surface area contributed by atoms with Gasteiger partial charge < -0.3 is 19.7 Å². The van der Waals surface area contributed by atoms with Crippen molar-refractivity contribution in [3.05, 3.63) is 59.7 Å². The number of allylic oxidation sites excluding steroid dienone is 2. The number of methoxy groups -OCH3 is 2. The van der Waals surface area contributed by atoms with Crippen LogP contribution in [0, 0.1) is 0 Å². The fraction of sp³-hybridized carbons (Fsp3) is 0.143. The first kappa shape index (κ1) is 23.4. The van der Waals surface area contributed by atoms with Crippen molar-refractivity contribution in [1.29, 1.82) is 0 Å². The zero-order valence-electron chi connectivity index (χ0n) is 15.7. The topological polar surface area (TPSA) is 93.1 Å². The number of phenols is 2. The molecule has 7 heteroatoms. The summed E-state index contributed by atoms with van der Waals surface area (Å²) >= 11 is 0. The molecule has 6 nitrogen and oxygen atoms in total. The average Bonchev–Trinajstić information content (AvgIpc) is 2.66. The van der Waals surface area contributed by atoms with Gasteiger partial charge in [-0.05, 0) is 47.5 Å². The van der Waals surface area contributed by atoms with E-state index in [9.17, 15) is 19.8 Å². The second-order valence-corrected chi connectivity index (χ2v) is 5.64. The zero-order valence-corrected chi connectivity index (χ0v) is 21.2. The third kappa shape index (κ3) is 6.85. The molecule has 0 aliphatic rings. The molecule has 0 aromatic heterocycles. The van der Waals surface area contributed by atoms with Crippen LogP contribution in [0.1, 0.15) is 17.5 Å². The molecular formula is C21H20HgO6. The van der Waals surface area contributed by atoms with Gasteiger partial charge in [0.25, 0.3) is 0 Å². The summed E-state index contributed by atoms with van der Waals surface area (Å²) < 4.78 is 10.00. The van der Waals surface area contributed by atoms with Gasteiger partial charge in [0, 0.05) is 27.7 Å².